The highest BCUT2D eigenvalue weighted by molar-refractivity contribution is 7.99. The van der Waals surface area contributed by atoms with E-state index in [9.17, 15) is 9.59 Å². The Hall–Kier alpha value is -2.22. The number of hydrogen-bond acceptors (Lipinski definition) is 6. The number of likely N-dealkylation sites (N-methyl/N-ethyl adjacent to an activating group) is 1. The molecule has 8 heteroatoms. The largest absolute Gasteiger partial charge is 0.497 e. The van der Waals surface area contributed by atoms with E-state index in [1.807, 2.05) is 43.4 Å². The molecule has 0 bridgehead atoms. The Morgan fingerprint density at radius 2 is 1.91 bits per heavy atom. The molecule has 1 amide bonds. The third kappa shape index (κ3) is 5.77. The number of rotatable bonds is 8. The smallest absolute Gasteiger partial charge is 0.303 e. The summed E-state index contributed by atoms with van der Waals surface area (Å²) in [6, 6.07) is 13.0. The quantitative estimate of drug-likeness (QED) is 0.510. The first kappa shape index (κ1) is 24.4. The van der Waals surface area contributed by atoms with Crippen molar-refractivity contribution in [2.24, 2.45) is 0 Å². The van der Waals surface area contributed by atoms with Crippen LogP contribution in [0.4, 0.5) is 5.69 Å². The first-order valence-corrected chi connectivity index (χ1v) is 11.9. The summed E-state index contributed by atoms with van der Waals surface area (Å²) in [5.74, 6) is -0.0132. The predicted octanol–water partition coefficient (Wildman–Crippen LogP) is 4.80. The molecule has 0 N–H and O–H groups in total. The maximum absolute atomic E-state index is 13.8. The maximum atomic E-state index is 13.8. The van der Waals surface area contributed by atoms with Crippen LogP contribution in [0.3, 0.4) is 0 Å². The zero-order chi connectivity index (χ0) is 23.3. The molecule has 2 unspecified atom stereocenters. The van der Waals surface area contributed by atoms with E-state index >= 15 is 0 Å². The summed E-state index contributed by atoms with van der Waals surface area (Å²) in [6.07, 6.45) is 0.0656. The number of fused-ring (bicyclic) bond motifs is 1. The van der Waals surface area contributed by atoms with Crippen molar-refractivity contribution in [1.82, 2.24) is 4.90 Å². The molecule has 6 nitrogen and oxygen atoms in total. The minimum absolute atomic E-state index is 0.237. The molecule has 0 fully saturated rings. The minimum Gasteiger partial charge on any atom is -0.497 e. The third-order valence-electron chi connectivity index (χ3n) is 5.30. The van der Waals surface area contributed by atoms with Gasteiger partial charge in [0, 0.05) is 29.9 Å². The van der Waals surface area contributed by atoms with E-state index < -0.39 is 17.3 Å². The molecule has 0 aromatic heterocycles. The molecular weight excluding hydrogens is 448 g/mol. The van der Waals surface area contributed by atoms with Gasteiger partial charge in [-0.1, -0.05) is 30.7 Å². The number of nitrogens with zero attached hydrogens (tertiary/aromatic N) is 2. The molecule has 32 heavy (non-hydrogen) atoms. The highest BCUT2D eigenvalue weighted by Crippen LogP contribution is 2.47. The molecule has 2 aromatic rings. The average molecular weight is 477 g/mol. The lowest BCUT2D eigenvalue weighted by atomic mass is 10.1. The Bertz CT molecular complexity index is 954. The van der Waals surface area contributed by atoms with Gasteiger partial charge in [0.1, 0.15) is 5.75 Å². The number of methoxy groups -OCH3 is 1. The van der Waals surface area contributed by atoms with Crippen molar-refractivity contribution in [2.45, 2.75) is 36.5 Å². The van der Waals surface area contributed by atoms with Gasteiger partial charge in [0.25, 0.3) is 5.91 Å². The zero-order valence-electron chi connectivity index (χ0n) is 18.8. The van der Waals surface area contributed by atoms with E-state index in [2.05, 4.69) is 11.8 Å². The summed E-state index contributed by atoms with van der Waals surface area (Å²) in [4.78, 5) is 30.5. The number of ether oxygens (including phenoxy) is 2. The number of hydrogen-bond donors (Lipinski definition) is 0. The molecule has 172 valence electrons. The highest BCUT2D eigenvalue weighted by atomic mass is 35.5. The maximum Gasteiger partial charge on any atom is 0.303 e. The highest BCUT2D eigenvalue weighted by Gasteiger charge is 2.40. The number of halogens is 1. The Balaban J connectivity index is 2.04. The molecule has 0 radical (unpaired) electrons. The Morgan fingerprint density at radius 1 is 1.19 bits per heavy atom. The zero-order valence-corrected chi connectivity index (χ0v) is 20.4. The van der Waals surface area contributed by atoms with E-state index in [1.54, 1.807) is 18.1 Å². The Labute approximate surface area is 198 Å². The Kier molecular flexibility index (Phi) is 8.45. The summed E-state index contributed by atoms with van der Waals surface area (Å²) >= 11 is 7.79. The van der Waals surface area contributed by atoms with Crippen molar-refractivity contribution in [3.05, 3.63) is 53.1 Å². The molecular formula is C24H29ClN2O4S. The van der Waals surface area contributed by atoms with Gasteiger partial charge in [-0.25, -0.2) is 0 Å². The van der Waals surface area contributed by atoms with Gasteiger partial charge >= 0.3 is 5.97 Å². The number of anilines is 1. The van der Waals surface area contributed by atoms with Gasteiger partial charge in [-0.3, -0.25) is 9.59 Å². The minimum atomic E-state index is -0.964. The van der Waals surface area contributed by atoms with Crippen LogP contribution in [0.15, 0.2) is 47.4 Å². The van der Waals surface area contributed by atoms with E-state index in [0.717, 1.165) is 29.1 Å². The van der Waals surface area contributed by atoms with Crippen molar-refractivity contribution in [1.29, 1.82) is 0 Å². The molecule has 2 atom stereocenters. The van der Waals surface area contributed by atoms with Crippen LogP contribution in [0.2, 0.25) is 5.02 Å². The van der Waals surface area contributed by atoms with Gasteiger partial charge < -0.3 is 19.3 Å². The van der Waals surface area contributed by atoms with Crippen molar-refractivity contribution in [3.8, 4) is 5.75 Å². The fraction of sp³-hybridized carbons (Fsp3) is 0.417. The molecule has 2 aromatic carbocycles. The van der Waals surface area contributed by atoms with Gasteiger partial charge in [0.05, 0.1) is 18.0 Å². The lowest BCUT2D eigenvalue weighted by Gasteiger charge is -2.29. The molecule has 0 saturated heterocycles. The van der Waals surface area contributed by atoms with E-state index in [0.29, 0.717) is 23.9 Å². The van der Waals surface area contributed by atoms with Gasteiger partial charge in [-0.15, -0.1) is 11.8 Å². The monoisotopic (exact) mass is 476 g/mol. The van der Waals surface area contributed by atoms with Crippen LogP contribution in [0.25, 0.3) is 0 Å². The summed E-state index contributed by atoms with van der Waals surface area (Å²) in [7, 11) is 3.64. The van der Waals surface area contributed by atoms with Gasteiger partial charge in [0.2, 0.25) is 0 Å². The molecule has 3 rings (SSSR count). The second-order valence-electron chi connectivity index (χ2n) is 7.75. The Morgan fingerprint density at radius 3 is 2.53 bits per heavy atom. The number of amides is 1. The first-order valence-electron chi connectivity index (χ1n) is 10.6. The van der Waals surface area contributed by atoms with Crippen molar-refractivity contribution >= 4 is 40.9 Å². The molecule has 0 aliphatic carbocycles. The summed E-state index contributed by atoms with van der Waals surface area (Å²) in [6.45, 7) is 5.57. The number of carbonyl (C=O) groups is 2. The van der Waals surface area contributed by atoms with Crippen LogP contribution in [-0.4, -0.2) is 56.7 Å². The van der Waals surface area contributed by atoms with Crippen molar-refractivity contribution in [3.63, 3.8) is 0 Å². The van der Waals surface area contributed by atoms with E-state index in [1.165, 1.54) is 18.7 Å². The molecule has 0 saturated carbocycles. The van der Waals surface area contributed by atoms with Gasteiger partial charge in [0.15, 0.2) is 6.10 Å². The second kappa shape index (κ2) is 11.1. The lowest BCUT2D eigenvalue weighted by molar-refractivity contribution is -0.152. The normalized spacial score (nSPS) is 18.3. The van der Waals surface area contributed by atoms with Crippen LogP contribution in [0.1, 0.15) is 31.1 Å². The van der Waals surface area contributed by atoms with E-state index in [-0.39, 0.29) is 5.91 Å². The first-order chi connectivity index (χ1) is 15.3. The third-order valence-corrected chi connectivity index (χ3v) is 6.89. The van der Waals surface area contributed by atoms with Crippen LogP contribution < -0.4 is 9.64 Å². The molecule has 0 spiro atoms. The van der Waals surface area contributed by atoms with Gasteiger partial charge in [-0.2, -0.15) is 0 Å². The van der Waals surface area contributed by atoms with Gasteiger partial charge in [-0.05, 0) is 55.9 Å². The van der Waals surface area contributed by atoms with Crippen LogP contribution in [-0.2, 0) is 14.3 Å². The number of benzene rings is 2. The summed E-state index contributed by atoms with van der Waals surface area (Å²) in [5.41, 5.74) is 1.65. The number of carbonyl (C=O) groups excluding carboxylic acids is 2. The van der Waals surface area contributed by atoms with Crippen LogP contribution in [0, 0.1) is 0 Å². The SMILES string of the molecule is CCCN(C)CCN1C(=O)C(OC(C)=O)C(c2ccc(OC)cc2)Sc2cc(Cl)ccc21. The molecule has 1 aliphatic rings. The molecule has 1 aliphatic heterocycles. The number of thioether (sulfide) groups is 1. The fourth-order valence-corrected chi connectivity index (χ4v) is 5.32. The average Bonchev–Trinajstić information content (AvgIpc) is 2.87. The lowest BCUT2D eigenvalue weighted by Crippen LogP contribution is -2.45. The van der Waals surface area contributed by atoms with Crippen LogP contribution >= 0.6 is 23.4 Å². The van der Waals surface area contributed by atoms with Crippen LogP contribution in [0.5, 0.6) is 5.75 Å². The van der Waals surface area contributed by atoms with Crippen molar-refractivity contribution in [2.75, 3.05) is 38.7 Å². The van der Waals surface area contributed by atoms with Crippen molar-refractivity contribution < 1.29 is 19.1 Å². The predicted molar refractivity (Wildman–Crippen MR) is 129 cm³/mol. The fourth-order valence-electron chi connectivity index (χ4n) is 3.73. The molecule has 1 heterocycles. The summed E-state index contributed by atoms with van der Waals surface area (Å²) in [5, 5.41) is 0.166. The number of esters is 1. The standard InChI is InChI=1S/C24H29ClN2O4S/c1-5-12-26(3)13-14-27-20-11-8-18(25)15-21(20)32-23(22(24(27)29)31-16(2)28)17-6-9-19(30-4)10-7-17/h6-11,15,22-23H,5,12-14H2,1-4H3. The topological polar surface area (TPSA) is 59.1 Å². The van der Waals surface area contributed by atoms with E-state index in [4.69, 9.17) is 21.1 Å². The second-order valence-corrected chi connectivity index (χ2v) is 9.37. The summed E-state index contributed by atoms with van der Waals surface area (Å²) < 4.78 is 10.9.